The lowest BCUT2D eigenvalue weighted by atomic mass is 9.77. The fraction of sp³-hybridized carbons (Fsp3) is 0.263. The number of carbonyl (C=O) groups excluding carboxylic acids is 3. The number of oxime groups is 1. The maximum atomic E-state index is 14.0. The van der Waals surface area contributed by atoms with Crippen molar-refractivity contribution in [3.05, 3.63) is 140 Å². The molecule has 2 aliphatic heterocycles. The number of fused-ring (bicyclic) bond motifs is 1. The molecule has 3 N–H and O–H groups in total. The molecule has 4 aromatic rings. The maximum Gasteiger partial charge on any atom is 0.352 e. The number of rotatable bonds is 14. The molecule has 55 heavy (non-hydrogen) atoms. The van der Waals surface area contributed by atoms with Crippen molar-refractivity contribution in [3.8, 4) is 0 Å². The van der Waals surface area contributed by atoms with Crippen molar-refractivity contribution < 1.29 is 33.9 Å². The summed E-state index contributed by atoms with van der Waals surface area (Å²) in [6.07, 6.45) is 0. The summed E-state index contributed by atoms with van der Waals surface area (Å²) in [4.78, 5) is 65.8. The van der Waals surface area contributed by atoms with Gasteiger partial charge in [0, 0.05) is 16.0 Å². The number of benzene rings is 3. The normalized spacial score (nSPS) is 17.0. The van der Waals surface area contributed by atoms with Gasteiger partial charge in [0.2, 0.25) is 6.61 Å². The van der Waals surface area contributed by atoms with Crippen LogP contribution in [0, 0.1) is 0 Å². The molecule has 17 heteroatoms. The molecule has 0 radical (unpaired) electrons. The van der Waals surface area contributed by atoms with Crippen LogP contribution in [0.25, 0.3) is 10.4 Å². The van der Waals surface area contributed by atoms with Gasteiger partial charge in [0.15, 0.2) is 10.8 Å². The van der Waals surface area contributed by atoms with E-state index in [1.165, 1.54) is 23.1 Å². The number of aromatic nitrogens is 1. The van der Waals surface area contributed by atoms with E-state index < -0.39 is 52.9 Å². The van der Waals surface area contributed by atoms with Crippen molar-refractivity contribution in [2.24, 2.45) is 10.3 Å². The largest absolute Gasteiger partial charge is 0.477 e. The predicted molar refractivity (Wildman–Crippen MR) is 207 cm³/mol. The minimum atomic E-state index is -1.36. The molecule has 6 rings (SSSR count). The van der Waals surface area contributed by atoms with Gasteiger partial charge in [0.1, 0.15) is 33.9 Å². The quantitative estimate of drug-likeness (QED) is 0.0209. The number of thiazole rings is 1. The zero-order valence-electron chi connectivity index (χ0n) is 29.9. The molecule has 2 atom stereocenters. The fourth-order valence-corrected chi connectivity index (χ4v) is 8.32. The van der Waals surface area contributed by atoms with Gasteiger partial charge >= 0.3 is 11.9 Å². The Morgan fingerprint density at radius 1 is 0.982 bits per heavy atom. The van der Waals surface area contributed by atoms with Crippen LogP contribution in [0.1, 0.15) is 43.2 Å². The summed E-state index contributed by atoms with van der Waals surface area (Å²) in [5.74, 6) is -3.43. The first-order valence-corrected chi connectivity index (χ1v) is 18.9. The third-order valence-corrected chi connectivity index (χ3v) is 10.6. The number of hydrogen-bond acceptors (Lipinski definition) is 12. The average molecular weight is 781 g/mol. The first-order valence-electron chi connectivity index (χ1n) is 17.0. The number of azide groups is 1. The number of carbonyl (C=O) groups is 4. The standard InChI is InChI=1S/C38H36N8O7S2/c1-37(2,3)53-28(47)20-52-44-29(32(48)42-30-33(49)46-31(35(50)51)23(19-40-45-39)21-54-34(30)46)27-22-55-36(41-27)43-38(24-13-7-4-8-14-24,25-15-9-5-10-16-25)26-17-11-6-12-18-26/h4-18,22,30,34H,19-21H2,1-3H3,(H,41,43)(H,42,48)(H,50,51)/b44-29-/t30?,34-/m1/s1. The molecule has 1 saturated heterocycles. The molecule has 1 aromatic heterocycles. The number of ether oxygens (including phenoxy) is 1. The second-order valence-corrected chi connectivity index (χ2v) is 15.3. The molecule has 15 nitrogen and oxygen atoms in total. The van der Waals surface area contributed by atoms with Gasteiger partial charge in [-0.15, -0.1) is 23.1 Å². The highest BCUT2D eigenvalue weighted by Crippen LogP contribution is 2.42. The third-order valence-electron chi connectivity index (χ3n) is 8.50. The van der Waals surface area contributed by atoms with E-state index in [2.05, 4.69) is 25.8 Å². The van der Waals surface area contributed by atoms with Gasteiger partial charge in [-0.3, -0.25) is 14.5 Å². The number of hydrogen-bond donors (Lipinski definition) is 3. The second-order valence-electron chi connectivity index (χ2n) is 13.3. The molecule has 0 bridgehead atoms. The number of anilines is 1. The van der Waals surface area contributed by atoms with Crippen molar-refractivity contribution in [2.75, 3.05) is 24.2 Å². The van der Waals surface area contributed by atoms with Gasteiger partial charge in [-0.2, -0.15) is 0 Å². The van der Waals surface area contributed by atoms with Crippen LogP contribution in [0.3, 0.4) is 0 Å². The SMILES string of the molecule is CC(C)(C)OC(=O)CO/N=C(\C(=O)NC1C(=O)N2C(C(=O)O)=C(CN=[N+]=[N-])CS[C@H]12)c1csc(NC(c2ccccc2)(c2ccccc2)c2ccccc2)n1. The van der Waals surface area contributed by atoms with Crippen LogP contribution < -0.4 is 10.6 Å². The summed E-state index contributed by atoms with van der Waals surface area (Å²) in [6.45, 7) is 4.26. The number of β-lactam (4-membered cyclic amide) rings is 1. The van der Waals surface area contributed by atoms with Crippen molar-refractivity contribution in [1.29, 1.82) is 0 Å². The molecule has 282 valence electrons. The van der Waals surface area contributed by atoms with E-state index in [0.29, 0.717) is 5.13 Å². The number of nitrogens with zero attached hydrogens (tertiary/aromatic N) is 6. The highest BCUT2D eigenvalue weighted by molar-refractivity contribution is 8.00. The van der Waals surface area contributed by atoms with Crippen molar-refractivity contribution >= 4 is 57.7 Å². The molecule has 0 aliphatic carbocycles. The second kappa shape index (κ2) is 16.5. The predicted octanol–water partition coefficient (Wildman–Crippen LogP) is 5.66. The molecule has 2 aliphatic rings. The topological polar surface area (TPSA) is 208 Å². The van der Waals surface area contributed by atoms with Crippen LogP contribution in [0.5, 0.6) is 0 Å². The van der Waals surface area contributed by atoms with E-state index >= 15 is 0 Å². The number of nitrogens with one attached hydrogen (secondary N) is 2. The Labute approximate surface area is 324 Å². The van der Waals surface area contributed by atoms with E-state index in [4.69, 9.17) is 20.1 Å². The summed E-state index contributed by atoms with van der Waals surface area (Å²) in [5, 5.41) is 24.9. The Bertz CT molecular complexity index is 2090. The van der Waals surface area contributed by atoms with Gasteiger partial charge in [0.05, 0.1) is 6.54 Å². The lowest BCUT2D eigenvalue weighted by Gasteiger charge is -2.49. The molecule has 0 saturated carbocycles. The molecular weight excluding hydrogens is 745 g/mol. The number of thioether (sulfide) groups is 1. The number of carboxylic acid groups (broad SMARTS) is 1. The lowest BCUT2D eigenvalue weighted by molar-refractivity contribution is -0.160. The molecule has 3 heterocycles. The van der Waals surface area contributed by atoms with Crippen LogP contribution in [0.4, 0.5) is 5.13 Å². The summed E-state index contributed by atoms with van der Waals surface area (Å²) in [5.41, 5.74) is 9.54. The Morgan fingerprint density at radius 3 is 2.09 bits per heavy atom. The number of carboxylic acids is 1. The number of esters is 1. The summed E-state index contributed by atoms with van der Waals surface area (Å²) in [7, 11) is 0. The number of aliphatic carboxylic acids is 1. The average Bonchev–Trinajstić information content (AvgIpc) is 3.64. The summed E-state index contributed by atoms with van der Waals surface area (Å²) < 4.78 is 5.31. The van der Waals surface area contributed by atoms with Crippen LogP contribution in [0.2, 0.25) is 0 Å². The maximum absolute atomic E-state index is 14.0. The fourth-order valence-electron chi connectivity index (χ4n) is 6.24. The zero-order chi connectivity index (χ0) is 39.2. The van der Waals surface area contributed by atoms with Gasteiger partial charge in [-0.05, 0) is 48.6 Å². The minimum Gasteiger partial charge on any atom is -0.477 e. The molecule has 0 spiro atoms. The van der Waals surface area contributed by atoms with Crippen molar-refractivity contribution in [1.82, 2.24) is 15.2 Å². The first kappa shape index (κ1) is 38.6. The molecule has 1 fully saturated rings. The van der Waals surface area contributed by atoms with Gasteiger partial charge in [-0.1, -0.05) is 101 Å². The van der Waals surface area contributed by atoms with Crippen LogP contribution in [-0.4, -0.2) is 80.4 Å². The summed E-state index contributed by atoms with van der Waals surface area (Å²) in [6, 6.07) is 28.5. The van der Waals surface area contributed by atoms with Crippen molar-refractivity contribution in [3.63, 3.8) is 0 Å². The zero-order valence-corrected chi connectivity index (χ0v) is 31.5. The Morgan fingerprint density at radius 2 is 1.56 bits per heavy atom. The lowest BCUT2D eigenvalue weighted by Crippen LogP contribution is -2.71. The first-order chi connectivity index (χ1) is 26.4. The van der Waals surface area contributed by atoms with Crippen LogP contribution in [0.15, 0.2) is 118 Å². The third kappa shape index (κ3) is 8.33. The van der Waals surface area contributed by atoms with E-state index in [-0.39, 0.29) is 35.0 Å². The van der Waals surface area contributed by atoms with Crippen LogP contribution >= 0.6 is 23.1 Å². The Balaban J connectivity index is 1.33. The minimum absolute atomic E-state index is 0.0833. The highest BCUT2D eigenvalue weighted by atomic mass is 32.2. The summed E-state index contributed by atoms with van der Waals surface area (Å²) >= 11 is 2.42. The van der Waals surface area contributed by atoms with E-state index in [9.17, 15) is 24.3 Å². The van der Waals surface area contributed by atoms with Gasteiger partial charge < -0.3 is 25.3 Å². The molecule has 3 aromatic carbocycles. The molecular formula is C38H36N8O7S2. The van der Waals surface area contributed by atoms with E-state index in [0.717, 1.165) is 21.6 Å². The van der Waals surface area contributed by atoms with E-state index in [1.807, 2.05) is 91.0 Å². The van der Waals surface area contributed by atoms with Crippen molar-refractivity contribution in [2.45, 2.75) is 43.3 Å². The van der Waals surface area contributed by atoms with Gasteiger partial charge in [-0.25, -0.2) is 14.6 Å². The number of amides is 2. The molecule has 1 unspecified atom stereocenters. The highest BCUT2D eigenvalue weighted by Gasteiger charge is 2.54. The Hall–Kier alpha value is -6.16. The van der Waals surface area contributed by atoms with E-state index in [1.54, 1.807) is 26.2 Å². The monoisotopic (exact) mass is 780 g/mol. The Kier molecular flexibility index (Phi) is 11.5. The molecule has 2 amide bonds. The van der Waals surface area contributed by atoms with Gasteiger partial charge in [0.25, 0.3) is 11.8 Å². The van der Waals surface area contributed by atoms with Crippen LogP contribution in [-0.2, 0) is 34.3 Å². The smallest absolute Gasteiger partial charge is 0.352 e.